The van der Waals surface area contributed by atoms with E-state index in [1.165, 1.54) is 32.2 Å². The molecular formula is C16H31N3O. The number of likely N-dealkylation sites (tertiary alicyclic amines) is 1. The van der Waals surface area contributed by atoms with E-state index in [0.717, 1.165) is 38.5 Å². The smallest absolute Gasteiger partial charge is 0.237 e. The molecular weight excluding hydrogens is 250 g/mol. The van der Waals surface area contributed by atoms with Crippen molar-refractivity contribution < 1.29 is 4.79 Å². The first-order valence-electron chi connectivity index (χ1n) is 8.49. The van der Waals surface area contributed by atoms with Gasteiger partial charge in [-0.15, -0.1) is 0 Å². The van der Waals surface area contributed by atoms with Gasteiger partial charge in [0.2, 0.25) is 5.91 Å². The molecule has 0 aliphatic carbocycles. The lowest BCUT2D eigenvalue weighted by Gasteiger charge is -2.38. The second-order valence-corrected chi connectivity index (χ2v) is 6.37. The van der Waals surface area contributed by atoms with E-state index in [1.807, 2.05) is 0 Å². The number of nitrogens with one attached hydrogen (secondary N) is 2. The van der Waals surface area contributed by atoms with E-state index in [0.29, 0.717) is 5.92 Å². The van der Waals surface area contributed by atoms with Crippen molar-refractivity contribution in [3.63, 3.8) is 0 Å². The summed E-state index contributed by atoms with van der Waals surface area (Å²) in [5.41, 5.74) is 0. The molecule has 0 aromatic heterocycles. The highest BCUT2D eigenvalue weighted by molar-refractivity contribution is 5.81. The summed E-state index contributed by atoms with van der Waals surface area (Å²) in [5.74, 6) is 0.844. The lowest BCUT2D eigenvalue weighted by molar-refractivity contribution is -0.123. The zero-order valence-corrected chi connectivity index (χ0v) is 13.2. The first-order valence-corrected chi connectivity index (χ1v) is 8.49. The van der Waals surface area contributed by atoms with E-state index >= 15 is 0 Å². The molecule has 2 saturated heterocycles. The van der Waals surface area contributed by atoms with Gasteiger partial charge in [-0.3, -0.25) is 4.79 Å². The summed E-state index contributed by atoms with van der Waals surface area (Å²) >= 11 is 0. The molecule has 0 radical (unpaired) electrons. The van der Waals surface area contributed by atoms with Crippen molar-refractivity contribution in [3.8, 4) is 0 Å². The van der Waals surface area contributed by atoms with Crippen molar-refractivity contribution in [3.05, 3.63) is 0 Å². The van der Waals surface area contributed by atoms with Crippen molar-refractivity contribution in [1.82, 2.24) is 15.5 Å². The van der Waals surface area contributed by atoms with Gasteiger partial charge in [0.15, 0.2) is 0 Å². The summed E-state index contributed by atoms with van der Waals surface area (Å²) in [6.07, 6.45) is 7.14. The third-order valence-electron chi connectivity index (χ3n) is 4.95. The second-order valence-electron chi connectivity index (χ2n) is 6.37. The zero-order chi connectivity index (χ0) is 14.4. The maximum atomic E-state index is 12.0. The van der Waals surface area contributed by atoms with Gasteiger partial charge in [0, 0.05) is 19.1 Å². The van der Waals surface area contributed by atoms with Crippen LogP contribution in [0, 0.1) is 5.92 Å². The van der Waals surface area contributed by atoms with Crippen LogP contribution < -0.4 is 10.6 Å². The van der Waals surface area contributed by atoms with E-state index in [4.69, 9.17) is 0 Å². The quantitative estimate of drug-likeness (QED) is 0.780. The average Bonchev–Trinajstić information content (AvgIpc) is 3.01. The number of piperidine rings is 1. The summed E-state index contributed by atoms with van der Waals surface area (Å²) in [4.78, 5) is 14.7. The van der Waals surface area contributed by atoms with Crippen molar-refractivity contribution >= 4 is 5.91 Å². The van der Waals surface area contributed by atoms with Gasteiger partial charge < -0.3 is 15.5 Å². The number of hydrogen-bond donors (Lipinski definition) is 2. The second kappa shape index (κ2) is 7.99. The zero-order valence-electron chi connectivity index (χ0n) is 13.2. The molecule has 2 heterocycles. The van der Waals surface area contributed by atoms with Crippen LogP contribution >= 0.6 is 0 Å². The number of carbonyl (C=O) groups is 1. The van der Waals surface area contributed by atoms with Crippen LogP contribution in [-0.2, 0) is 4.79 Å². The Hall–Kier alpha value is -0.610. The lowest BCUT2D eigenvalue weighted by atomic mass is 9.95. The SMILES string of the molecule is CCC(CC)N1CCCC(CNC(=O)C2CCCN2)C1. The summed E-state index contributed by atoms with van der Waals surface area (Å²) < 4.78 is 0. The summed E-state index contributed by atoms with van der Waals surface area (Å²) in [6.45, 7) is 8.81. The number of hydrogen-bond acceptors (Lipinski definition) is 3. The predicted octanol–water partition coefficient (Wildman–Crippen LogP) is 1.76. The molecule has 2 unspecified atom stereocenters. The fourth-order valence-corrected chi connectivity index (χ4v) is 3.68. The Morgan fingerprint density at radius 3 is 2.75 bits per heavy atom. The van der Waals surface area contributed by atoms with Gasteiger partial charge >= 0.3 is 0 Å². The maximum absolute atomic E-state index is 12.0. The van der Waals surface area contributed by atoms with Crippen LogP contribution in [0.15, 0.2) is 0 Å². The molecule has 2 aliphatic heterocycles. The monoisotopic (exact) mass is 281 g/mol. The minimum atomic E-state index is 0.0636. The van der Waals surface area contributed by atoms with Crippen LogP contribution in [0.25, 0.3) is 0 Å². The highest BCUT2D eigenvalue weighted by atomic mass is 16.2. The third kappa shape index (κ3) is 4.19. The van der Waals surface area contributed by atoms with Crippen molar-refractivity contribution in [2.45, 2.75) is 64.5 Å². The minimum absolute atomic E-state index is 0.0636. The van der Waals surface area contributed by atoms with Gasteiger partial charge in [-0.2, -0.15) is 0 Å². The van der Waals surface area contributed by atoms with E-state index in [9.17, 15) is 4.79 Å². The Bertz CT molecular complexity index is 298. The molecule has 1 amide bonds. The molecule has 4 heteroatoms. The van der Waals surface area contributed by atoms with E-state index in [-0.39, 0.29) is 11.9 Å². The van der Waals surface area contributed by atoms with Gasteiger partial charge in [-0.05, 0) is 57.5 Å². The molecule has 2 fully saturated rings. The van der Waals surface area contributed by atoms with Gasteiger partial charge in [0.1, 0.15) is 0 Å². The van der Waals surface area contributed by atoms with Gasteiger partial charge in [0.25, 0.3) is 0 Å². The molecule has 0 spiro atoms. The van der Waals surface area contributed by atoms with Crippen molar-refractivity contribution in [1.29, 1.82) is 0 Å². The molecule has 0 aromatic rings. The molecule has 0 saturated carbocycles. The van der Waals surface area contributed by atoms with Crippen molar-refractivity contribution in [2.75, 3.05) is 26.2 Å². The maximum Gasteiger partial charge on any atom is 0.237 e. The van der Waals surface area contributed by atoms with Crippen LogP contribution in [0.1, 0.15) is 52.4 Å². The average molecular weight is 281 g/mol. The molecule has 2 N–H and O–H groups in total. The Labute approximate surface area is 123 Å². The molecule has 2 rings (SSSR count). The van der Waals surface area contributed by atoms with Crippen molar-refractivity contribution in [2.24, 2.45) is 5.92 Å². The molecule has 116 valence electrons. The van der Waals surface area contributed by atoms with Gasteiger partial charge in [0.05, 0.1) is 6.04 Å². The number of carbonyl (C=O) groups excluding carboxylic acids is 1. The number of amides is 1. The molecule has 20 heavy (non-hydrogen) atoms. The molecule has 2 atom stereocenters. The van der Waals surface area contributed by atoms with Crippen LogP contribution in [0.5, 0.6) is 0 Å². The number of nitrogens with zero attached hydrogens (tertiary/aromatic N) is 1. The normalized spacial score (nSPS) is 27.9. The summed E-state index contributed by atoms with van der Waals surface area (Å²) in [5, 5.41) is 6.43. The first kappa shape index (κ1) is 15.8. The van der Waals surface area contributed by atoms with Gasteiger partial charge in [-0.1, -0.05) is 13.8 Å². The van der Waals surface area contributed by atoms with Gasteiger partial charge in [-0.25, -0.2) is 0 Å². The standard InChI is InChI=1S/C16H31N3O/c1-3-14(4-2)19-10-6-7-13(12-19)11-18-16(20)15-8-5-9-17-15/h13-15,17H,3-12H2,1-2H3,(H,18,20). The molecule has 4 nitrogen and oxygen atoms in total. The largest absolute Gasteiger partial charge is 0.354 e. The van der Waals surface area contributed by atoms with E-state index < -0.39 is 0 Å². The highest BCUT2D eigenvalue weighted by Crippen LogP contribution is 2.20. The highest BCUT2D eigenvalue weighted by Gasteiger charge is 2.26. The van der Waals surface area contributed by atoms with Crippen LogP contribution in [0.4, 0.5) is 0 Å². The minimum Gasteiger partial charge on any atom is -0.354 e. The van der Waals surface area contributed by atoms with Crippen LogP contribution in [0.2, 0.25) is 0 Å². The summed E-state index contributed by atoms with van der Waals surface area (Å²) in [7, 11) is 0. The van der Waals surface area contributed by atoms with E-state index in [2.05, 4.69) is 29.4 Å². The fraction of sp³-hybridized carbons (Fsp3) is 0.938. The Morgan fingerprint density at radius 2 is 2.10 bits per heavy atom. The van der Waals surface area contributed by atoms with E-state index in [1.54, 1.807) is 0 Å². The Morgan fingerprint density at radius 1 is 1.30 bits per heavy atom. The third-order valence-corrected chi connectivity index (χ3v) is 4.95. The Kier molecular flexibility index (Phi) is 6.30. The number of rotatable bonds is 6. The lowest BCUT2D eigenvalue weighted by Crippen LogP contribution is -2.47. The predicted molar refractivity (Wildman–Crippen MR) is 82.7 cm³/mol. The fourth-order valence-electron chi connectivity index (χ4n) is 3.68. The first-order chi connectivity index (χ1) is 9.74. The summed E-state index contributed by atoms with van der Waals surface area (Å²) in [6, 6.07) is 0.790. The Balaban J connectivity index is 1.73. The molecule has 2 aliphatic rings. The van der Waals surface area contributed by atoms with Crippen LogP contribution in [-0.4, -0.2) is 49.1 Å². The topological polar surface area (TPSA) is 44.4 Å². The molecule has 0 bridgehead atoms. The molecule has 0 aromatic carbocycles. The van der Waals surface area contributed by atoms with Crippen LogP contribution in [0.3, 0.4) is 0 Å².